The van der Waals surface area contributed by atoms with Crippen LogP contribution < -0.4 is 0 Å². The number of phenolic OH excluding ortho intramolecular Hbond substituents is 1. The van der Waals surface area contributed by atoms with E-state index in [1.165, 1.54) is 5.56 Å². The number of Topliss-reactive ketones (excluding diaryl/α,β-unsaturated/α-hetero) is 1. The van der Waals surface area contributed by atoms with Crippen LogP contribution in [0.3, 0.4) is 0 Å². The lowest BCUT2D eigenvalue weighted by Crippen LogP contribution is -2.33. The second-order valence-corrected chi connectivity index (χ2v) is 12.2. The quantitative estimate of drug-likeness (QED) is 0.362. The molecule has 198 valence electrons. The predicted molar refractivity (Wildman–Crippen MR) is 157 cm³/mol. The number of ketones is 1. The fourth-order valence-corrected chi connectivity index (χ4v) is 5.39. The Morgan fingerprint density at radius 1 is 1.03 bits per heavy atom. The molecule has 2 aromatic carbocycles. The summed E-state index contributed by atoms with van der Waals surface area (Å²) in [4.78, 5) is 20.6. The van der Waals surface area contributed by atoms with Crippen molar-refractivity contribution in [3.8, 4) is 5.75 Å². The maximum atomic E-state index is 13.7. The summed E-state index contributed by atoms with van der Waals surface area (Å²) in [6.07, 6.45) is 3.20. The van der Waals surface area contributed by atoms with Crippen LogP contribution in [0.15, 0.2) is 47.5 Å². The molecule has 2 aromatic rings. The van der Waals surface area contributed by atoms with E-state index in [1.807, 2.05) is 19.2 Å². The molecule has 1 aliphatic rings. The van der Waals surface area contributed by atoms with Gasteiger partial charge in [0, 0.05) is 36.2 Å². The van der Waals surface area contributed by atoms with Gasteiger partial charge in [0.1, 0.15) is 11.6 Å². The summed E-state index contributed by atoms with van der Waals surface area (Å²) >= 11 is 0. The van der Waals surface area contributed by atoms with Crippen LogP contribution in [0.1, 0.15) is 88.4 Å². The van der Waals surface area contributed by atoms with Gasteiger partial charge in [0.25, 0.3) is 0 Å². The summed E-state index contributed by atoms with van der Waals surface area (Å²) < 4.78 is 0. The highest BCUT2D eigenvalue weighted by molar-refractivity contribution is 8.93. The van der Waals surface area contributed by atoms with Gasteiger partial charge >= 0.3 is 0 Å². The first kappa shape index (κ1) is 30.1. The number of likely N-dealkylation sites (tertiary alicyclic amines) is 1. The van der Waals surface area contributed by atoms with Gasteiger partial charge in [-0.25, -0.2) is 0 Å². The first-order chi connectivity index (χ1) is 16.4. The minimum Gasteiger partial charge on any atom is -0.507 e. The van der Waals surface area contributed by atoms with Crippen LogP contribution in [-0.2, 0) is 17.3 Å². The van der Waals surface area contributed by atoms with E-state index in [0.29, 0.717) is 29.7 Å². The molecule has 2 atom stereocenters. The van der Waals surface area contributed by atoms with E-state index in [0.717, 1.165) is 42.8 Å². The Morgan fingerprint density at radius 3 is 2.06 bits per heavy atom. The molecule has 2 unspecified atom stereocenters. The number of nitrogens with zero attached hydrogens (tertiary/aromatic N) is 2. The third-order valence-corrected chi connectivity index (χ3v) is 7.25. The van der Waals surface area contributed by atoms with Gasteiger partial charge in [-0.3, -0.25) is 9.79 Å². The average Bonchev–Trinajstić information content (AvgIpc) is 3.08. The zero-order valence-electron chi connectivity index (χ0n) is 23.4. The molecule has 3 rings (SSSR count). The van der Waals surface area contributed by atoms with Crippen LogP contribution >= 0.6 is 17.0 Å². The largest absolute Gasteiger partial charge is 0.507 e. The fourth-order valence-electron chi connectivity index (χ4n) is 5.39. The van der Waals surface area contributed by atoms with Crippen LogP contribution in [0, 0.1) is 11.8 Å². The van der Waals surface area contributed by atoms with Crippen LogP contribution in [-0.4, -0.2) is 41.8 Å². The zero-order valence-corrected chi connectivity index (χ0v) is 25.1. The van der Waals surface area contributed by atoms with Crippen molar-refractivity contribution >= 4 is 28.6 Å². The number of aliphatic imine (C=N–C) groups is 1. The van der Waals surface area contributed by atoms with E-state index in [2.05, 4.69) is 83.7 Å². The van der Waals surface area contributed by atoms with Crippen molar-refractivity contribution in [1.82, 2.24) is 4.90 Å². The molecular formula is C31H45BrN2O2. The molecular weight excluding hydrogens is 512 g/mol. The molecule has 1 heterocycles. The molecule has 1 fully saturated rings. The van der Waals surface area contributed by atoms with E-state index in [1.54, 1.807) is 0 Å². The second kappa shape index (κ2) is 11.9. The van der Waals surface area contributed by atoms with Gasteiger partial charge in [0.2, 0.25) is 0 Å². The van der Waals surface area contributed by atoms with Gasteiger partial charge in [0.15, 0.2) is 5.78 Å². The van der Waals surface area contributed by atoms with E-state index in [9.17, 15) is 9.90 Å². The predicted octanol–water partition coefficient (Wildman–Crippen LogP) is 7.37. The Bertz CT molecular complexity index is 1030. The van der Waals surface area contributed by atoms with Crippen LogP contribution in [0.25, 0.3) is 0 Å². The first-order valence-electron chi connectivity index (χ1n) is 13.0. The number of carbonyl (C=O) groups is 1. The number of carbonyl (C=O) groups excluding carboxylic acids is 1. The number of hydrogen-bond donors (Lipinski definition) is 1. The van der Waals surface area contributed by atoms with Crippen molar-refractivity contribution in [3.63, 3.8) is 0 Å². The SMILES string of the molecule is Br.CCCC1CN(CC(=O)c2cc(C(C)(C)C)c(O)c(C(C)(C)C)c2)C(=NC)C1Cc1ccccc1. The van der Waals surface area contributed by atoms with Crippen molar-refractivity contribution in [2.45, 2.75) is 78.6 Å². The van der Waals surface area contributed by atoms with Gasteiger partial charge < -0.3 is 10.0 Å². The number of aromatic hydroxyl groups is 1. The molecule has 1 aliphatic heterocycles. The van der Waals surface area contributed by atoms with Gasteiger partial charge in [-0.2, -0.15) is 0 Å². The highest BCUT2D eigenvalue weighted by atomic mass is 79.9. The topological polar surface area (TPSA) is 52.9 Å². The maximum absolute atomic E-state index is 13.7. The van der Waals surface area contributed by atoms with Gasteiger partial charge in [-0.1, -0.05) is 85.2 Å². The molecule has 36 heavy (non-hydrogen) atoms. The molecule has 0 aliphatic carbocycles. The monoisotopic (exact) mass is 556 g/mol. The molecule has 1 saturated heterocycles. The summed E-state index contributed by atoms with van der Waals surface area (Å²) in [5.41, 5.74) is 3.10. The molecule has 4 nitrogen and oxygen atoms in total. The van der Waals surface area contributed by atoms with E-state index in [4.69, 9.17) is 4.99 Å². The molecule has 1 N–H and O–H groups in total. The number of amidine groups is 1. The normalized spacial score (nSPS) is 19.4. The molecule has 0 radical (unpaired) electrons. The number of halogens is 1. The second-order valence-electron chi connectivity index (χ2n) is 12.2. The summed E-state index contributed by atoms with van der Waals surface area (Å²) in [5, 5.41) is 11.1. The average molecular weight is 558 g/mol. The number of rotatable bonds is 7. The summed E-state index contributed by atoms with van der Waals surface area (Å²) in [6.45, 7) is 15.9. The minimum absolute atomic E-state index is 0. The lowest BCUT2D eigenvalue weighted by atomic mass is 9.78. The summed E-state index contributed by atoms with van der Waals surface area (Å²) in [7, 11) is 1.86. The lowest BCUT2D eigenvalue weighted by Gasteiger charge is -2.28. The summed E-state index contributed by atoms with van der Waals surface area (Å²) in [5.74, 6) is 2.25. The van der Waals surface area contributed by atoms with Gasteiger partial charge in [-0.05, 0) is 47.3 Å². The Hall–Kier alpha value is -2.14. The highest BCUT2D eigenvalue weighted by Crippen LogP contribution is 2.40. The third-order valence-electron chi connectivity index (χ3n) is 7.25. The van der Waals surface area contributed by atoms with Gasteiger partial charge in [-0.15, -0.1) is 17.0 Å². The Balaban J connectivity index is 0.00000456. The number of hydrogen-bond acceptors (Lipinski definition) is 3. The van der Waals surface area contributed by atoms with Crippen molar-refractivity contribution < 1.29 is 9.90 Å². The molecule has 0 spiro atoms. The van der Waals surface area contributed by atoms with Crippen molar-refractivity contribution in [1.29, 1.82) is 0 Å². The van der Waals surface area contributed by atoms with Crippen LogP contribution in [0.2, 0.25) is 0 Å². The Kier molecular flexibility index (Phi) is 9.98. The van der Waals surface area contributed by atoms with Crippen molar-refractivity contribution in [2.75, 3.05) is 20.1 Å². The Morgan fingerprint density at radius 2 is 1.58 bits per heavy atom. The first-order valence-corrected chi connectivity index (χ1v) is 13.0. The van der Waals surface area contributed by atoms with E-state index in [-0.39, 0.29) is 33.6 Å². The molecule has 0 aromatic heterocycles. The summed E-state index contributed by atoms with van der Waals surface area (Å²) in [6, 6.07) is 14.4. The molecule has 0 saturated carbocycles. The number of benzene rings is 2. The standard InChI is InChI=1S/C31H44N2O2.BrH/c1-9-13-22-19-33(29(32-8)24(22)16-21-14-11-10-12-15-21)20-27(34)23-17-25(30(2,3)4)28(35)26(18-23)31(5,6)7;/h10-12,14-15,17-18,22,24,35H,9,13,16,19-20H2,1-8H3;1H. The Labute approximate surface area is 229 Å². The van der Waals surface area contributed by atoms with Crippen LogP contribution in [0.4, 0.5) is 0 Å². The van der Waals surface area contributed by atoms with Crippen molar-refractivity contribution in [2.24, 2.45) is 16.8 Å². The smallest absolute Gasteiger partial charge is 0.182 e. The molecule has 0 amide bonds. The molecule has 0 bridgehead atoms. The lowest BCUT2D eigenvalue weighted by molar-refractivity contribution is 0.0963. The zero-order chi connectivity index (χ0) is 26.0. The van der Waals surface area contributed by atoms with E-state index >= 15 is 0 Å². The fraction of sp³-hybridized carbons (Fsp3) is 0.548. The van der Waals surface area contributed by atoms with Gasteiger partial charge in [0.05, 0.1) is 6.54 Å². The highest BCUT2D eigenvalue weighted by Gasteiger charge is 2.38. The third kappa shape index (κ3) is 6.79. The minimum atomic E-state index is -0.267. The van der Waals surface area contributed by atoms with Crippen LogP contribution in [0.5, 0.6) is 5.75 Å². The van der Waals surface area contributed by atoms with E-state index < -0.39 is 0 Å². The number of phenols is 1. The van der Waals surface area contributed by atoms with Crippen molar-refractivity contribution in [3.05, 3.63) is 64.7 Å². The maximum Gasteiger partial charge on any atom is 0.182 e. The molecule has 5 heteroatoms.